The first-order valence-electron chi connectivity index (χ1n) is 10.3. The highest BCUT2D eigenvalue weighted by molar-refractivity contribution is 5.76. The van der Waals surface area contributed by atoms with Gasteiger partial charge in [0.2, 0.25) is 5.91 Å². The molecule has 0 aliphatic heterocycles. The lowest BCUT2D eigenvalue weighted by Gasteiger charge is -2.15. The molecule has 1 unspecified atom stereocenters. The van der Waals surface area contributed by atoms with Gasteiger partial charge in [0, 0.05) is 13.0 Å². The molecule has 0 radical (unpaired) electrons. The second kappa shape index (κ2) is 11.2. The first-order chi connectivity index (χ1) is 14.3. The number of hydrogen-bond donors (Lipinski definition) is 2. The number of benzene rings is 2. The Morgan fingerprint density at radius 2 is 1.79 bits per heavy atom. The van der Waals surface area contributed by atoms with E-state index in [1.165, 1.54) is 5.56 Å². The topological polar surface area (TPSA) is 67.0 Å². The molecule has 29 heavy (non-hydrogen) atoms. The molecular formula is C24H29N3O2. The van der Waals surface area contributed by atoms with Crippen molar-refractivity contribution < 1.29 is 9.53 Å². The number of aromatic nitrogens is 2. The van der Waals surface area contributed by atoms with E-state index in [-0.39, 0.29) is 11.9 Å². The normalized spacial score (nSPS) is 11.9. The minimum absolute atomic E-state index is 0.0289. The largest absolute Gasteiger partial charge is 0.381 e. The van der Waals surface area contributed by atoms with Crippen LogP contribution in [0, 0.1) is 0 Å². The SMILES string of the molecule is CCC(NC(=O)CCCOCCc1ccccc1)c1ncc(-c2ccccc2)[nH]1. The maximum absolute atomic E-state index is 12.3. The van der Waals surface area contributed by atoms with Crippen LogP contribution in [-0.2, 0) is 16.0 Å². The predicted octanol–water partition coefficient (Wildman–Crippen LogP) is 4.68. The summed E-state index contributed by atoms with van der Waals surface area (Å²) in [6.45, 7) is 3.32. The molecule has 2 aromatic carbocycles. The van der Waals surface area contributed by atoms with E-state index in [1.807, 2.05) is 61.7 Å². The molecule has 5 heteroatoms. The van der Waals surface area contributed by atoms with Crippen LogP contribution in [0.5, 0.6) is 0 Å². The Bertz CT molecular complexity index is 862. The maximum Gasteiger partial charge on any atom is 0.220 e. The van der Waals surface area contributed by atoms with Crippen molar-refractivity contribution in [3.63, 3.8) is 0 Å². The molecule has 0 saturated carbocycles. The monoisotopic (exact) mass is 391 g/mol. The van der Waals surface area contributed by atoms with Gasteiger partial charge in [-0.2, -0.15) is 0 Å². The lowest BCUT2D eigenvalue weighted by molar-refractivity contribution is -0.122. The smallest absolute Gasteiger partial charge is 0.220 e. The van der Waals surface area contributed by atoms with Crippen molar-refractivity contribution in [3.8, 4) is 11.3 Å². The Morgan fingerprint density at radius 1 is 1.07 bits per heavy atom. The number of hydrogen-bond acceptors (Lipinski definition) is 3. The number of nitrogens with one attached hydrogen (secondary N) is 2. The van der Waals surface area contributed by atoms with Gasteiger partial charge in [-0.15, -0.1) is 0 Å². The van der Waals surface area contributed by atoms with Crippen LogP contribution in [0.25, 0.3) is 11.3 Å². The van der Waals surface area contributed by atoms with Gasteiger partial charge in [-0.25, -0.2) is 4.98 Å². The molecule has 0 saturated heterocycles. The number of nitrogens with zero attached hydrogens (tertiary/aromatic N) is 1. The van der Waals surface area contributed by atoms with Crippen LogP contribution < -0.4 is 5.32 Å². The van der Waals surface area contributed by atoms with Crippen LogP contribution in [0.15, 0.2) is 66.9 Å². The number of carbonyl (C=O) groups is 1. The molecule has 1 heterocycles. The fourth-order valence-electron chi connectivity index (χ4n) is 3.18. The highest BCUT2D eigenvalue weighted by Crippen LogP contribution is 2.20. The highest BCUT2D eigenvalue weighted by Gasteiger charge is 2.16. The second-order valence-electron chi connectivity index (χ2n) is 7.03. The number of aromatic amines is 1. The molecular weight excluding hydrogens is 362 g/mol. The van der Waals surface area contributed by atoms with Gasteiger partial charge >= 0.3 is 0 Å². The van der Waals surface area contributed by atoms with E-state index >= 15 is 0 Å². The number of imidazole rings is 1. The predicted molar refractivity (Wildman–Crippen MR) is 115 cm³/mol. The summed E-state index contributed by atoms with van der Waals surface area (Å²) in [5.74, 6) is 0.819. The fraction of sp³-hybridized carbons (Fsp3) is 0.333. The Kier molecular flexibility index (Phi) is 8.01. The highest BCUT2D eigenvalue weighted by atomic mass is 16.5. The number of rotatable bonds is 11. The third kappa shape index (κ3) is 6.57. The molecule has 1 amide bonds. The zero-order chi connectivity index (χ0) is 20.3. The lowest BCUT2D eigenvalue weighted by Crippen LogP contribution is -2.28. The third-order valence-electron chi connectivity index (χ3n) is 4.82. The summed E-state index contributed by atoms with van der Waals surface area (Å²) in [6, 6.07) is 20.2. The van der Waals surface area contributed by atoms with Crippen molar-refractivity contribution in [3.05, 3.63) is 78.2 Å². The summed E-state index contributed by atoms with van der Waals surface area (Å²) < 4.78 is 5.66. The van der Waals surface area contributed by atoms with Crippen LogP contribution in [0.3, 0.4) is 0 Å². The van der Waals surface area contributed by atoms with E-state index in [4.69, 9.17) is 4.74 Å². The van der Waals surface area contributed by atoms with Gasteiger partial charge in [-0.1, -0.05) is 67.6 Å². The second-order valence-corrected chi connectivity index (χ2v) is 7.03. The summed E-state index contributed by atoms with van der Waals surface area (Å²) >= 11 is 0. The van der Waals surface area contributed by atoms with Crippen LogP contribution in [0.4, 0.5) is 0 Å². The van der Waals surface area contributed by atoms with Gasteiger partial charge in [0.05, 0.1) is 24.5 Å². The average molecular weight is 392 g/mol. The quantitative estimate of drug-likeness (QED) is 0.466. The fourth-order valence-corrected chi connectivity index (χ4v) is 3.18. The van der Waals surface area contributed by atoms with Gasteiger partial charge in [0.25, 0.3) is 0 Å². The summed E-state index contributed by atoms with van der Waals surface area (Å²) in [6.07, 6.45) is 4.66. The molecule has 0 bridgehead atoms. The van der Waals surface area contributed by atoms with Gasteiger partial charge in [0.1, 0.15) is 5.82 Å². The van der Waals surface area contributed by atoms with Gasteiger partial charge in [-0.3, -0.25) is 4.79 Å². The summed E-state index contributed by atoms with van der Waals surface area (Å²) in [5.41, 5.74) is 3.31. The molecule has 3 rings (SSSR count). The van der Waals surface area contributed by atoms with E-state index < -0.39 is 0 Å². The number of H-pyrrole nitrogens is 1. The van der Waals surface area contributed by atoms with Crippen molar-refractivity contribution in [2.24, 2.45) is 0 Å². The molecule has 0 spiro atoms. The minimum Gasteiger partial charge on any atom is -0.381 e. The molecule has 152 valence electrons. The van der Waals surface area contributed by atoms with Crippen molar-refractivity contribution in [1.29, 1.82) is 0 Å². The Balaban J connectivity index is 1.38. The first-order valence-corrected chi connectivity index (χ1v) is 10.3. The Morgan fingerprint density at radius 3 is 2.52 bits per heavy atom. The van der Waals surface area contributed by atoms with E-state index in [0.717, 1.165) is 29.9 Å². The maximum atomic E-state index is 12.3. The third-order valence-corrected chi connectivity index (χ3v) is 4.82. The molecule has 0 aliphatic rings. The van der Waals surface area contributed by atoms with Crippen LogP contribution in [0.1, 0.15) is 43.6 Å². The van der Waals surface area contributed by atoms with E-state index in [9.17, 15) is 4.79 Å². The number of amides is 1. The van der Waals surface area contributed by atoms with Gasteiger partial charge < -0.3 is 15.0 Å². The van der Waals surface area contributed by atoms with Crippen LogP contribution >= 0.6 is 0 Å². The van der Waals surface area contributed by atoms with E-state index in [0.29, 0.717) is 26.1 Å². The Hall–Kier alpha value is -2.92. The van der Waals surface area contributed by atoms with E-state index in [1.54, 1.807) is 0 Å². The zero-order valence-electron chi connectivity index (χ0n) is 16.9. The molecule has 2 N–H and O–H groups in total. The Labute approximate surface area is 172 Å². The van der Waals surface area contributed by atoms with Crippen molar-refractivity contribution in [1.82, 2.24) is 15.3 Å². The summed E-state index contributed by atoms with van der Waals surface area (Å²) in [5, 5.41) is 3.08. The summed E-state index contributed by atoms with van der Waals surface area (Å²) in [7, 11) is 0. The molecule has 1 atom stereocenters. The van der Waals surface area contributed by atoms with Crippen molar-refractivity contribution >= 4 is 5.91 Å². The number of ether oxygens (including phenoxy) is 1. The van der Waals surface area contributed by atoms with Crippen LogP contribution in [-0.4, -0.2) is 29.1 Å². The van der Waals surface area contributed by atoms with Gasteiger partial charge in [0.15, 0.2) is 0 Å². The molecule has 5 nitrogen and oxygen atoms in total. The number of carbonyl (C=O) groups excluding carboxylic acids is 1. The lowest BCUT2D eigenvalue weighted by atomic mass is 10.2. The summed E-state index contributed by atoms with van der Waals surface area (Å²) in [4.78, 5) is 20.1. The molecule has 3 aromatic rings. The average Bonchev–Trinajstić information content (AvgIpc) is 3.26. The standard InChI is InChI=1S/C24H29N3O2/c1-2-21(24-25-18-22(27-24)20-12-7-4-8-13-20)26-23(28)14-9-16-29-17-15-19-10-5-3-6-11-19/h3-8,10-13,18,21H,2,9,14-17H2,1H3,(H,25,27)(H,26,28). The van der Waals surface area contributed by atoms with Crippen molar-refractivity contribution in [2.75, 3.05) is 13.2 Å². The van der Waals surface area contributed by atoms with Crippen LogP contribution in [0.2, 0.25) is 0 Å². The molecule has 0 fully saturated rings. The first kappa shape index (κ1) is 20.8. The zero-order valence-corrected chi connectivity index (χ0v) is 16.9. The van der Waals surface area contributed by atoms with E-state index in [2.05, 4.69) is 27.4 Å². The van der Waals surface area contributed by atoms with Gasteiger partial charge in [-0.05, 0) is 30.4 Å². The minimum atomic E-state index is -0.112. The van der Waals surface area contributed by atoms with Crippen molar-refractivity contribution in [2.45, 2.75) is 38.6 Å². The molecule has 1 aromatic heterocycles. The molecule has 0 aliphatic carbocycles.